The molecule has 2 atom stereocenters. The van der Waals surface area contributed by atoms with Gasteiger partial charge < -0.3 is 14.8 Å². The molecule has 1 saturated heterocycles. The largest absolute Gasteiger partial charge is 0.508 e. The number of rotatable bonds is 5. The lowest BCUT2D eigenvalue weighted by Gasteiger charge is -2.25. The molecule has 1 aliphatic rings. The van der Waals surface area contributed by atoms with Gasteiger partial charge in [0.2, 0.25) is 0 Å². The van der Waals surface area contributed by atoms with Gasteiger partial charge in [-0.1, -0.05) is 59.7 Å². The third-order valence-electron chi connectivity index (χ3n) is 4.92. The highest BCUT2D eigenvalue weighted by Gasteiger charge is 2.34. The fourth-order valence-corrected chi connectivity index (χ4v) is 3.57. The molecule has 0 saturated carbocycles. The molecule has 4 nitrogen and oxygen atoms in total. The zero-order valence-corrected chi connectivity index (χ0v) is 15.7. The smallest absolute Gasteiger partial charge is 0.435 e. The Bertz CT molecular complexity index is 679. The lowest BCUT2D eigenvalue weighted by atomic mass is 9.83. The zero-order chi connectivity index (χ0) is 18.5. The highest BCUT2D eigenvalue weighted by atomic mass is 16.7. The summed E-state index contributed by atoms with van der Waals surface area (Å²) in [6, 6.07) is 17.6. The number of aryl methyl sites for hydroxylation is 2. The Morgan fingerprint density at radius 2 is 1.58 bits per heavy atom. The van der Waals surface area contributed by atoms with E-state index in [1.807, 2.05) is 0 Å². The second kappa shape index (κ2) is 8.37. The SMILES string of the molecule is CCOC(=O)OC1CNC(C(c2ccc(C)cc2)c2ccc(C)cc2)C1. The average molecular weight is 353 g/mol. The van der Waals surface area contributed by atoms with Gasteiger partial charge in [-0.3, -0.25) is 0 Å². The van der Waals surface area contributed by atoms with Gasteiger partial charge >= 0.3 is 6.16 Å². The molecule has 2 unspecified atom stereocenters. The number of hydrogen-bond donors (Lipinski definition) is 1. The summed E-state index contributed by atoms with van der Waals surface area (Å²) in [4.78, 5) is 11.6. The molecule has 1 aliphatic heterocycles. The zero-order valence-electron chi connectivity index (χ0n) is 15.7. The predicted molar refractivity (Wildman–Crippen MR) is 103 cm³/mol. The predicted octanol–water partition coefficient (Wildman–Crippen LogP) is 4.34. The van der Waals surface area contributed by atoms with Crippen LogP contribution in [0, 0.1) is 13.8 Å². The van der Waals surface area contributed by atoms with Crippen LogP contribution in [0.1, 0.15) is 41.5 Å². The first-order valence-corrected chi connectivity index (χ1v) is 9.26. The molecule has 0 spiro atoms. The molecule has 1 N–H and O–H groups in total. The van der Waals surface area contributed by atoms with Crippen LogP contribution >= 0.6 is 0 Å². The first-order chi connectivity index (χ1) is 12.6. The normalized spacial score (nSPS) is 19.5. The molecule has 0 amide bonds. The van der Waals surface area contributed by atoms with E-state index >= 15 is 0 Å². The van der Waals surface area contributed by atoms with Crippen molar-refractivity contribution in [2.45, 2.75) is 45.3 Å². The lowest BCUT2D eigenvalue weighted by Crippen LogP contribution is -2.29. The fourth-order valence-electron chi connectivity index (χ4n) is 3.57. The third-order valence-corrected chi connectivity index (χ3v) is 4.92. The first-order valence-electron chi connectivity index (χ1n) is 9.26. The highest BCUT2D eigenvalue weighted by Crippen LogP contribution is 2.33. The number of nitrogens with one attached hydrogen (secondary N) is 1. The monoisotopic (exact) mass is 353 g/mol. The summed E-state index contributed by atoms with van der Waals surface area (Å²) in [7, 11) is 0. The maximum Gasteiger partial charge on any atom is 0.508 e. The Hall–Kier alpha value is -2.33. The van der Waals surface area contributed by atoms with Gasteiger partial charge in [0.15, 0.2) is 0 Å². The van der Waals surface area contributed by atoms with Crippen LogP contribution in [0.5, 0.6) is 0 Å². The first kappa shape index (κ1) is 18.5. The van der Waals surface area contributed by atoms with Crippen molar-refractivity contribution in [2.75, 3.05) is 13.2 Å². The van der Waals surface area contributed by atoms with Crippen molar-refractivity contribution in [1.29, 1.82) is 0 Å². The minimum absolute atomic E-state index is 0.155. The van der Waals surface area contributed by atoms with Gasteiger partial charge in [0, 0.05) is 24.9 Å². The number of benzene rings is 2. The number of hydrogen-bond acceptors (Lipinski definition) is 4. The van der Waals surface area contributed by atoms with Crippen molar-refractivity contribution in [3.05, 3.63) is 70.8 Å². The van der Waals surface area contributed by atoms with Crippen molar-refractivity contribution in [2.24, 2.45) is 0 Å². The molecule has 26 heavy (non-hydrogen) atoms. The van der Waals surface area contributed by atoms with Crippen LogP contribution in [-0.2, 0) is 9.47 Å². The molecule has 0 bridgehead atoms. The Morgan fingerprint density at radius 3 is 2.08 bits per heavy atom. The molecule has 0 aromatic heterocycles. The summed E-state index contributed by atoms with van der Waals surface area (Å²) in [5, 5.41) is 3.55. The molecule has 1 heterocycles. The van der Waals surface area contributed by atoms with E-state index in [2.05, 4.69) is 67.7 Å². The molecule has 0 aliphatic carbocycles. The summed E-state index contributed by atoms with van der Waals surface area (Å²) >= 11 is 0. The maximum atomic E-state index is 11.6. The summed E-state index contributed by atoms with van der Waals surface area (Å²) in [5.41, 5.74) is 5.04. The summed E-state index contributed by atoms with van der Waals surface area (Å²) in [6.45, 7) is 6.96. The average Bonchev–Trinajstić information content (AvgIpc) is 3.06. The van der Waals surface area contributed by atoms with Gasteiger partial charge in [0.05, 0.1) is 6.61 Å². The summed E-state index contributed by atoms with van der Waals surface area (Å²) in [5.74, 6) is 0.215. The highest BCUT2D eigenvalue weighted by molar-refractivity contribution is 5.60. The third kappa shape index (κ3) is 4.44. The van der Waals surface area contributed by atoms with Crippen LogP contribution in [0.25, 0.3) is 0 Å². The van der Waals surface area contributed by atoms with E-state index < -0.39 is 6.16 Å². The van der Waals surface area contributed by atoms with Crippen molar-refractivity contribution in [3.63, 3.8) is 0 Å². The molecule has 1 fully saturated rings. The molecule has 138 valence electrons. The Balaban J connectivity index is 1.81. The van der Waals surface area contributed by atoms with Gasteiger partial charge in [-0.2, -0.15) is 0 Å². The molecule has 2 aromatic rings. The molecular formula is C22H27NO3. The van der Waals surface area contributed by atoms with Gasteiger partial charge in [0.25, 0.3) is 0 Å². The van der Waals surface area contributed by atoms with E-state index in [-0.39, 0.29) is 18.1 Å². The van der Waals surface area contributed by atoms with Crippen molar-refractivity contribution in [1.82, 2.24) is 5.32 Å². The van der Waals surface area contributed by atoms with Gasteiger partial charge in [-0.05, 0) is 31.9 Å². The van der Waals surface area contributed by atoms with Crippen LogP contribution < -0.4 is 5.32 Å². The molecule has 2 aromatic carbocycles. The molecule has 0 radical (unpaired) electrons. The fraction of sp³-hybridized carbons (Fsp3) is 0.409. The number of carbonyl (C=O) groups excluding carboxylic acids is 1. The van der Waals surface area contributed by atoms with E-state index in [0.717, 1.165) is 6.42 Å². The van der Waals surface area contributed by atoms with Crippen molar-refractivity contribution < 1.29 is 14.3 Å². The van der Waals surface area contributed by atoms with Crippen LogP contribution in [0.15, 0.2) is 48.5 Å². The van der Waals surface area contributed by atoms with E-state index in [1.165, 1.54) is 22.3 Å². The quantitative estimate of drug-likeness (QED) is 0.813. The van der Waals surface area contributed by atoms with Crippen LogP contribution in [0.2, 0.25) is 0 Å². The number of carbonyl (C=O) groups is 1. The lowest BCUT2D eigenvalue weighted by molar-refractivity contribution is 0.0318. The Kier molecular flexibility index (Phi) is 5.94. The van der Waals surface area contributed by atoms with Crippen molar-refractivity contribution >= 4 is 6.16 Å². The van der Waals surface area contributed by atoms with Gasteiger partial charge in [0.1, 0.15) is 6.10 Å². The second-order valence-corrected chi connectivity index (χ2v) is 6.97. The molecule has 3 rings (SSSR count). The van der Waals surface area contributed by atoms with Crippen LogP contribution in [-0.4, -0.2) is 31.5 Å². The summed E-state index contributed by atoms with van der Waals surface area (Å²) in [6.07, 6.45) is 0.0326. The maximum absolute atomic E-state index is 11.6. The van der Waals surface area contributed by atoms with Crippen LogP contribution in [0.3, 0.4) is 0 Å². The standard InChI is InChI=1S/C22H27NO3/c1-4-25-22(24)26-19-13-20(23-14-19)21(17-9-5-15(2)6-10-17)18-11-7-16(3)8-12-18/h5-12,19-21,23H,4,13-14H2,1-3H3. The van der Waals surface area contributed by atoms with E-state index in [0.29, 0.717) is 13.2 Å². The van der Waals surface area contributed by atoms with E-state index in [4.69, 9.17) is 9.47 Å². The van der Waals surface area contributed by atoms with Gasteiger partial charge in [-0.15, -0.1) is 0 Å². The van der Waals surface area contributed by atoms with Crippen molar-refractivity contribution in [3.8, 4) is 0 Å². The van der Waals surface area contributed by atoms with E-state index in [9.17, 15) is 4.79 Å². The van der Waals surface area contributed by atoms with Crippen LogP contribution in [0.4, 0.5) is 4.79 Å². The minimum Gasteiger partial charge on any atom is -0.435 e. The molecule has 4 heteroatoms. The van der Waals surface area contributed by atoms with Gasteiger partial charge in [-0.25, -0.2) is 4.79 Å². The van der Waals surface area contributed by atoms with E-state index in [1.54, 1.807) is 6.92 Å². The minimum atomic E-state index is -0.581. The Labute approximate surface area is 155 Å². The number of ether oxygens (including phenoxy) is 2. The molecular weight excluding hydrogens is 326 g/mol. The topological polar surface area (TPSA) is 47.6 Å². The summed E-state index contributed by atoms with van der Waals surface area (Å²) < 4.78 is 10.3. The second-order valence-electron chi connectivity index (χ2n) is 6.97. The Morgan fingerprint density at radius 1 is 1.04 bits per heavy atom.